The first-order valence-corrected chi connectivity index (χ1v) is 6.90. The highest BCUT2D eigenvalue weighted by Gasteiger charge is 2.36. The van der Waals surface area contributed by atoms with Crippen LogP contribution in [-0.4, -0.2) is 49.8 Å². The number of ether oxygens (including phenoxy) is 1. The van der Waals surface area contributed by atoms with Crippen molar-refractivity contribution in [3.8, 4) is 0 Å². The van der Waals surface area contributed by atoms with Crippen molar-refractivity contribution in [2.75, 3.05) is 13.2 Å². The van der Waals surface area contributed by atoms with Crippen LogP contribution in [0.2, 0.25) is 0 Å². The zero-order valence-electron chi connectivity index (χ0n) is 12.5. The van der Waals surface area contributed by atoms with Crippen molar-refractivity contribution in [2.45, 2.75) is 52.3 Å². The van der Waals surface area contributed by atoms with Crippen LogP contribution in [-0.2, 0) is 17.7 Å². The van der Waals surface area contributed by atoms with Crippen molar-refractivity contribution in [3.63, 3.8) is 0 Å². The highest BCUT2D eigenvalue weighted by atomic mass is 16.6. The third-order valence-corrected chi connectivity index (χ3v) is 3.25. The number of hydrogen-bond acceptors (Lipinski definition) is 5. The van der Waals surface area contributed by atoms with Crippen LogP contribution in [0.1, 0.15) is 45.1 Å². The third kappa shape index (κ3) is 2.77. The molecule has 0 fully saturated rings. The van der Waals surface area contributed by atoms with E-state index in [1.54, 1.807) is 0 Å². The van der Waals surface area contributed by atoms with Crippen LogP contribution in [0.3, 0.4) is 0 Å². The van der Waals surface area contributed by atoms with Gasteiger partial charge in [-0.2, -0.15) is 0 Å². The minimum atomic E-state index is -0.557. The molecule has 0 aliphatic carbocycles. The molecule has 1 amide bonds. The van der Waals surface area contributed by atoms with E-state index in [0.29, 0.717) is 18.7 Å². The molecular weight excluding hydrogens is 260 g/mol. The molecule has 1 atom stereocenters. The van der Waals surface area contributed by atoms with Crippen LogP contribution >= 0.6 is 0 Å². The molecule has 1 aromatic heterocycles. The fraction of sp³-hybridized carbons (Fsp3) is 0.769. The summed E-state index contributed by atoms with van der Waals surface area (Å²) in [6, 6.07) is -0.478. The van der Waals surface area contributed by atoms with E-state index in [0.717, 1.165) is 12.2 Å². The molecule has 2 heterocycles. The second kappa shape index (κ2) is 5.40. The number of nitrogens with zero attached hydrogens (tertiary/aromatic N) is 4. The van der Waals surface area contributed by atoms with E-state index in [1.807, 2.05) is 32.4 Å². The predicted octanol–water partition coefficient (Wildman–Crippen LogP) is 1.12. The van der Waals surface area contributed by atoms with Crippen molar-refractivity contribution in [3.05, 3.63) is 11.4 Å². The Kier molecular flexibility index (Phi) is 3.99. The number of aromatic nitrogens is 3. The third-order valence-electron chi connectivity index (χ3n) is 3.25. The molecule has 20 heavy (non-hydrogen) atoms. The van der Waals surface area contributed by atoms with Gasteiger partial charge in [-0.25, -0.2) is 9.48 Å². The van der Waals surface area contributed by atoms with Gasteiger partial charge >= 0.3 is 6.09 Å². The maximum Gasteiger partial charge on any atom is 0.410 e. The van der Waals surface area contributed by atoms with Crippen molar-refractivity contribution in [1.29, 1.82) is 0 Å². The van der Waals surface area contributed by atoms with Gasteiger partial charge in [0.1, 0.15) is 17.3 Å². The molecule has 7 heteroatoms. The van der Waals surface area contributed by atoms with Gasteiger partial charge < -0.3 is 9.84 Å². The van der Waals surface area contributed by atoms with Crippen LogP contribution in [0.4, 0.5) is 4.79 Å². The highest BCUT2D eigenvalue weighted by Crippen LogP contribution is 2.29. The fourth-order valence-electron chi connectivity index (χ4n) is 2.37. The minimum Gasteiger partial charge on any atom is -0.444 e. The topological polar surface area (TPSA) is 80.5 Å². The molecule has 0 saturated heterocycles. The average Bonchev–Trinajstić information content (AvgIpc) is 2.78. The molecule has 1 aromatic rings. The normalized spacial score (nSPS) is 18.9. The molecule has 112 valence electrons. The Hall–Kier alpha value is -1.63. The van der Waals surface area contributed by atoms with E-state index < -0.39 is 17.7 Å². The van der Waals surface area contributed by atoms with Gasteiger partial charge in [-0.1, -0.05) is 5.21 Å². The monoisotopic (exact) mass is 282 g/mol. The van der Waals surface area contributed by atoms with Crippen LogP contribution in [0, 0.1) is 0 Å². The number of aliphatic hydroxyl groups excluding tert-OH is 1. The summed E-state index contributed by atoms with van der Waals surface area (Å²) in [5.41, 5.74) is 1.11. The number of fused-ring (bicyclic) bond motifs is 1. The first-order chi connectivity index (χ1) is 9.37. The molecule has 7 nitrogen and oxygen atoms in total. The fourth-order valence-corrected chi connectivity index (χ4v) is 2.37. The molecule has 0 aromatic carbocycles. The number of amides is 1. The number of carbonyl (C=O) groups is 1. The molecule has 1 N–H and O–H groups in total. The molecule has 1 aliphatic heterocycles. The summed E-state index contributed by atoms with van der Waals surface area (Å²) in [7, 11) is 0. The Morgan fingerprint density at radius 1 is 1.50 bits per heavy atom. The molecular formula is C13H22N4O3. The van der Waals surface area contributed by atoms with Crippen molar-refractivity contribution < 1.29 is 14.6 Å². The predicted molar refractivity (Wildman–Crippen MR) is 72.2 cm³/mol. The van der Waals surface area contributed by atoms with Crippen LogP contribution in [0.25, 0.3) is 0 Å². The van der Waals surface area contributed by atoms with Gasteiger partial charge in [0.2, 0.25) is 0 Å². The highest BCUT2D eigenvalue weighted by molar-refractivity contribution is 5.69. The summed E-state index contributed by atoms with van der Waals surface area (Å²) < 4.78 is 7.19. The minimum absolute atomic E-state index is 0.186. The average molecular weight is 282 g/mol. The largest absolute Gasteiger partial charge is 0.444 e. The lowest BCUT2D eigenvalue weighted by Gasteiger charge is -2.35. The first-order valence-electron chi connectivity index (χ1n) is 6.90. The number of aryl methyl sites for hydroxylation is 1. The summed E-state index contributed by atoms with van der Waals surface area (Å²) in [5.74, 6) is 0. The van der Waals surface area contributed by atoms with Gasteiger partial charge in [-0.15, -0.1) is 5.10 Å². The molecule has 0 bridgehead atoms. The Labute approximate surface area is 118 Å². The number of aliphatic hydroxyl groups is 1. The summed E-state index contributed by atoms with van der Waals surface area (Å²) >= 11 is 0. The van der Waals surface area contributed by atoms with E-state index in [2.05, 4.69) is 10.3 Å². The lowest BCUT2D eigenvalue weighted by atomic mass is 10.0. The van der Waals surface area contributed by atoms with Crippen LogP contribution in [0.15, 0.2) is 0 Å². The molecule has 1 aliphatic rings. The van der Waals surface area contributed by atoms with Crippen molar-refractivity contribution >= 4 is 6.09 Å². The van der Waals surface area contributed by atoms with Gasteiger partial charge in [0.15, 0.2) is 0 Å². The molecule has 0 saturated carbocycles. The second-order valence-corrected chi connectivity index (χ2v) is 5.86. The Morgan fingerprint density at radius 2 is 2.20 bits per heavy atom. The smallest absolute Gasteiger partial charge is 0.410 e. The van der Waals surface area contributed by atoms with Gasteiger partial charge in [-0.05, 0) is 27.7 Å². The van der Waals surface area contributed by atoms with E-state index in [4.69, 9.17) is 4.74 Å². The van der Waals surface area contributed by atoms with Gasteiger partial charge in [0.25, 0.3) is 0 Å². The standard InChI is InChI=1S/C13H22N4O3/c1-5-17-9-6-7-16(12(19)20-13(2,3)4)10(8-18)11(9)14-15-17/h10,18H,5-8H2,1-4H3/t10-/m0/s1. The van der Waals surface area contributed by atoms with Gasteiger partial charge in [0.05, 0.1) is 12.3 Å². The first kappa shape index (κ1) is 14.8. The zero-order chi connectivity index (χ0) is 14.9. The van der Waals surface area contributed by atoms with E-state index in [1.165, 1.54) is 4.90 Å². The van der Waals surface area contributed by atoms with Crippen LogP contribution < -0.4 is 0 Å². The van der Waals surface area contributed by atoms with Crippen molar-refractivity contribution in [1.82, 2.24) is 19.9 Å². The number of rotatable bonds is 2. The van der Waals surface area contributed by atoms with Gasteiger partial charge in [-0.3, -0.25) is 4.90 Å². The Bertz CT molecular complexity index is 492. The van der Waals surface area contributed by atoms with E-state index >= 15 is 0 Å². The second-order valence-electron chi connectivity index (χ2n) is 5.86. The summed E-state index contributed by atoms with van der Waals surface area (Å²) in [6.07, 6.45) is 0.250. The number of carbonyl (C=O) groups excluding carboxylic acids is 1. The van der Waals surface area contributed by atoms with Crippen LogP contribution in [0.5, 0.6) is 0 Å². The quantitative estimate of drug-likeness (QED) is 0.879. The maximum absolute atomic E-state index is 12.2. The van der Waals surface area contributed by atoms with Crippen molar-refractivity contribution in [2.24, 2.45) is 0 Å². The lowest BCUT2D eigenvalue weighted by Crippen LogP contribution is -2.44. The lowest BCUT2D eigenvalue weighted by molar-refractivity contribution is 0.00612. The van der Waals surface area contributed by atoms with Gasteiger partial charge in [0, 0.05) is 19.5 Å². The Balaban J connectivity index is 2.23. The van der Waals surface area contributed by atoms with E-state index in [-0.39, 0.29) is 6.61 Å². The maximum atomic E-state index is 12.2. The summed E-state index contributed by atoms with van der Waals surface area (Å²) in [5, 5.41) is 17.8. The summed E-state index contributed by atoms with van der Waals surface area (Å²) in [4.78, 5) is 13.7. The number of hydrogen-bond donors (Lipinski definition) is 1. The molecule has 2 rings (SSSR count). The SMILES string of the molecule is CCn1nnc2c1CCN(C(=O)OC(C)(C)C)[C@H]2CO. The summed E-state index contributed by atoms with van der Waals surface area (Å²) in [6.45, 7) is 8.50. The van der Waals surface area contributed by atoms with E-state index in [9.17, 15) is 9.90 Å². The Morgan fingerprint density at radius 3 is 2.75 bits per heavy atom. The molecule has 0 radical (unpaired) electrons. The zero-order valence-corrected chi connectivity index (χ0v) is 12.5. The molecule has 0 spiro atoms. The molecule has 0 unspecified atom stereocenters.